The first-order valence-electron chi connectivity index (χ1n) is 10.2. The van der Waals surface area contributed by atoms with Gasteiger partial charge in [-0.2, -0.15) is 0 Å². The molecule has 0 bridgehead atoms. The van der Waals surface area contributed by atoms with E-state index in [0.29, 0.717) is 5.02 Å². The van der Waals surface area contributed by atoms with Crippen LogP contribution in [0.15, 0.2) is 60.8 Å². The van der Waals surface area contributed by atoms with Crippen LogP contribution in [-0.4, -0.2) is 58.3 Å². The van der Waals surface area contributed by atoms with Crippen LogP contribution >= 0.6 is 22.9 Å². The third-order valence-electron chi connectivity index (χ3n) is 5.36. The third kappa shape index (κ3) is 5.49. The standard InChI is InChI=1S/C22H22ClN5O3S/c23-18-8-6-17(7-9-18)21(16-4-2-1-3-5-16)27-12-10-26(11-13-27)15-19(29)25-22-24-14-20(32-22)28(30)31/h1-9,14,21H,10-13,15H2,(H,24,25,29). The second kappa shape index (κ2) is 10.2. The van der Waals surface area contributed by atoms with Crippen LogP contribution in [0.1, 0.15) is 17.2 Å². The largest absolute Gasteiger partial charge is 0.345 e. The number of carbonyl (C=O) groups is 1. The van der Waals surface area contributed by atoms with Gasteiger partial charge in [0.15, 0.2) is 5.13 Å². The fraction of sp³-hybridized carbons (Fsp3) is 0.273. The van der Waals surface area contributed by atoms with E-state index >= 15 is 0 Å². The molecule has 1 amide bonds. The van der Waals surface area contributed by atoms with Crippen molar-refractivity contribution in [3.8, 4) is 0 Å². The predicted octanol–water partition coefficient (Wildman–Crippen LogP) is 4.05. The average Bonchev–Trinajstić information content (AvgIpc) is 3.26. The number of nitrogens with one attached hydrogen (secondary N) is 1. The van der Waals surface area contributed by atoms with E-state index in [-0.39, 0.29) is 28.6 Å². The molecule has 0 radical (unpaired) electrons. The van der Waals surface area contributed by atoms with Crippen molar-refractivity contribution < 1.29 is 9.72 Å². The number of halogens is 1. The molecule has 1 atom stereocenters. The zero-order chi connectivity index (χ0) is 22.5. The number of rotatable bonds is 7. The molecule has 8 nitrogen and oxygen atoms in total. The highest BCUT2D eigenvalue weighted by Crippen LogP contribution is 2.30. The summed E-state index contributed by atoms with van der Waals surface area (Å²) in [7, 11) is 0. The minimum atomic E-state index is -0.517. The van der Waals surface area contributed by atoms with Crippen LogP contribution < -0.4 is 5.32 Å². The maximum atomic E-state index is 12.4. The monoisotopic (exact) mass is 471 g/mol. The summed E-state index contributed by atoms with van der Waals surface area (Å²) in [5.74, 6) is -0.222. The van der Waals surface area contributed by atoms with Crippen molar-refractivity contribution in [1.29, 1.82) is 0 Å². The molecule has 1 aliphatic heterocycles. The Hall–Kier alpha value is -2.85. The molecule has 2 aromatic carbocycles. The molecule has 166 valence electrons. The summed E-state index contributed by atoms with van der Waals surface area (Å²) in [6.07, 6.45) is 1.15. The highest BCUT2D eigenvalue weighted by atomic mass is 35.5. The first kappa shape index (κ1) is 22.3. The number of piperazine rings is 1. The van der Waals surface area contributed by atoms with Crippen molar-refractivity contribution in [2.75, 3.05) is 38.0 Å². The Labute approximate surface area is 194 Å². The smallest absolute Gasteiger partial charge is 0.301 e. The Balaban J connectivity index is 1.38. The molecule has 1 fully saturated rings. The number of nitro groups is 1. The van der Waals surface area contributed by atoms with Gasteiger partial charge in [-0.3, -0.25) is 24.7 Å². The van der Waals surface area contributed by atoms with Gasteiger partial charge >= 0.3 is 5.00 Å². The lowest BCUT2D eigenvalue weighted by Gasteiger charge is -2.39. The Kier molecular flexibility index (Phi) is 7.11. The maximum absolute atomic E-state index is 12.4. The molecule has 10 heteroatoms. The highest BCUT2D eigenvalue weighted by Gasteiger charge is 2.27. The minimum absolute atomic E-state index is 0.0944. The average molecular weight is 472 g/mol. The Morgan fingerprint density at radius 3 is 2.38 bits per heavy atom. The van der Waals surface area contributed by atoms with E-state index in [9.17, 15) is 14.9 Å². The van der Waals surface area contributed by atoms with Crippen molar-refractivity contribution in [2.45, 2.75) is 6.04 Å². The molecule has 4 rings (SSSR count). The summed E-state index contributed by atoms with van der Waals surface area (Å²) >= 11 is 6.95. The normalized spacial score (nSPS) is 15.9. The van der Waals surface area contributed by atoms with Crippen LogP contribution in [0.4, 0.5) is 10.1 Å². The Morgan fingerprint density at radius 1 is 1.09 bits per heavy atom. The molecule has 1 saturated heterocycles. The van der Waals surface area contributed by atoms with Crippen molar-refractivity contribution in [1.82, 2.24) is 14.8 Å². The summed E-state index contributed by atoms with van der Waals surface area (Å²) in [6.45, 7) is 3.30. The number of amides is 1. The van der Waals surface area contributed by atoms with Crippen molar-refractivity contribution in [3.63, 3.8) is 0 Å². The van der Waals surface area contributed by atoms with E-state index in [0.717, 1.165) is 43.7 Å². The summed E-state index contributed by atoms with van der Waals surface area (Å²) in [5.41, 5.74) is 2.39. The zero-order valence-corrected chi connectivity index (χ0v) is 18.8. The van der Waals surface area contributed by atoms with Crippen LogP contribution in [0.3, 0.4) is 0 Å². The summed E-state index contributed by atoms with van der Waals surface area (Å²) in [5, 5.41) is 14.3. The van der Waals surface area contributed by atoms with Gasteiger partial charge in [-0.15, -0.1) is 0 Å². The van der Waals surface area contributed by atoms with Gasteiger partial charge in [0.05, 0.1) is 17.5 Å². The summed E-state index contributed by atoms with van der Waals surface area (Å²) in [4.78, 5) is 31.0. The zero-order valence-electron chi connectivity index (χ0n) is 17.2. The number of anilines is 1. The molecule has 1 N–H and O–H groups in total. The molecular weight excluding hydrogens is 450 g/mol. The first-order valence-corrected chi connectivity index (χ1v) is 11.4. The fourth-order valence-electron chi connectivity index (χ4n) is 3.84. The van der Waals surface area contributed by atoms with Crippen molar-refractivity contribution >= 4 is 39.0 Å². The van der Waals surface area contributed by atoms with Gasteiger partial charge in [0.1, 0.15) is 6.20 Å². The molecule has 1 unspecified atom stereocenters. The molecule has 3 aromatic rings. The van der Waals surface area contributed by atoms with E-state index in [2.05, 4.69) is 44.4 Å². The van der Waals surface area contributed by atoms with Gasteiger partial charge in [0, 0.05) is 31.2 Å². The quantitative estimate of drug-likeness (QED) is 0.413. The Bertz CT molecular complexity index is 1070. The van der Waals surface area contributed by atoms with E-state index in [1.165, 1.54) is 11.1 Å². The fourth-order valence-corrected chi connectivity index (χ4v) is 4.62. The van der Waals surface area contributed by atoms with Gasteiger partial charge in [0.25, 0.3) is 0 Å². The second-order valence-electron chi connectivity index (χ2n) is 7.49. The second-order valence-corrected chi connectivity index (χ2v) is 8.93. The number of aromatic nitrogens is 1. The van der Waals surface area contributed by atoms with E-state index in [4.69, 9.17) is 11.6 Å². The summed E-state index contributed by atoms with van der Waals surface area (Å²) < 4.78 is 0. The van der Waals surface area contributed by atoms with Crippen LogP contribution in [-0.2, 0) is 4.79 Å². The van der Waals surface area contributed by atoms with Crippen LogP contribution in [0.2, 0.25) is 5.02 Å². The van der Waals surface area contributed by atoms with E-state index in [1.807, 2.05) is 30.3 Å². The number of benzene rings is 2. The number of hydrogen-bond acceptors (Lipinski definition) is 7. The SMILES string of the molecule is O=C(CN1CCN(C(c2ccccc2)c2ccc(Cl)cc2)CC1)Nc1ncc([N+](=O)[O-])s1. The number of nitrogens with zero attached hydrogens (tertiary/aromatic N) is 4. The topological polar surface area (TPSA) is 91.6 Å². The van der Waals surface area contributed by atoms with Gasteiger partial charge in [-0.1, -0.05) is 54.1 Å². The number of carbonyl (C=O) groups excluding carboxylic acids is 1. The first-order chi connectivity index (χ1) is 15.5. The molecule has 2 heterocycles. The third-order valence-corrected chi connectivity index (χ3v) is 6.48. The molecule has 0 aliphatic carbocycles. The lowest BCUT2D eigenvalue weighted by atomic mass is 9.96. The lowest BCUT2D eigenvalue weighted by molar-refractivity contribution is -0.380. The lowest BCUT2D eigenvalue weighted by Crippen LogP contribution is -2.49. The van der Waals surface area contributed by atoms with Crippen LogP contribution in [0.5, 0.6) is 0 Å². The molecule has 1 aromatic heterocycles. The van der Waals surface area contributed by atoms with Crippen molar-refractivity contribution in [2.24, 2.45) is 0 Å². The van der Waals surface area contributed by atoms with E-state index < -0.39 is 4.92 Å². The number of hydrogen-bond donors (Lipinski definition) is 1. The van der Waals surface area contributed by atoms with Gasteiger partial charge in [-0.25, -0.2) is 4.98 Å². The van der Waals surface area contributed by atoms with Gasteiger partial charge < -0.3 is 5.32 Å². The number of thiazole rings is 1. The molecule has 1 aliphatic rings. The minimum Gasteiger partial charge on any atom is -0.301 e. The summed E-state index contributed by atoms with van der Waals surface area (Å²) in [6, 6.07) is 18.4. The molecular formula is C22H22ClN5O3S. The molecule has 32 heavy (non-hydrogen) atoms. The van der Waals surface area contributed by atoms with E-state index in [1.54, 1.807) is 0 Å². The maximum Gasteiger partial charge on any atom is 0.345 e. The van der Waals surface area contributed by atoms with Gasteiger partial charge in [-0.05, 0) is 34.6 Å². The molecule has 0 spiro atoms. The van der Waals surface area contributed by atoms with Gasteiger partial charge in [0.2, 0.25) is 5.91 Å². The van der Waals surface area contributed by atoms with Crippen LogP contribution in [0, 0.1) is 10.1 Å². The molecule has 0 saturated carbocycles. The Morgan fingerprint density at radius 2 is 1.75 bits per heavy atom. The van der Waals surface area contributed by atoms with Crippen molar-refractivity contribution in [3.05, 3.63) is 87.1 Å². The van der Waals surface area contributed by atoms with Crippen LogP contribution in [0.25, 0.3) is 0 Å². The predicted molar refractivity (Wildman–Crippen MR) is 125 cm³/mol. The highest BCUT2D eigenvalue weighted by molar-refractivity contribution is 7.18.